The van der Waals surface area contributed by atoms with Crippen LogP contribution >= 0.6 is 0 Å². The summed E-state index contributed by atoms with van der Waals surface area (Å²) in [5.41, 5.74) is 1.04. The summed E-state index contributed by atoms with van der Waals surface area (Å²) in [6.45, 7) is 1.75. The van der Waals surface area contributed by atoms with E-state index >= 15 is 0 Å². The molecular formula is C23H32N4O7S. The smallest absolute Gasteiger partial charge is 0.260 e. The number of aliphatic hydroxyl groups excluding tert-OH is 1. The van der Waals surface area contributed by atoms with Crippen LogP contribution in [0.5, 0.6) is 5.88 Å². The molecule has 0 aliphatic rings. The molecule has 0 aliphatic heterocycles. The van der Waals surface area contributed by atoms with Gasteiger partial charge in [0.1, 0.15) is 0 Å². The van der Waals surface area contributed by atoms with Gasteiger partial charge in [0.15, 0.2) is 0 Å². The van der Waals surface area contributed by atoms with Gasteiger partial charge in [0.2, 0.25) is 15.9 Å². The van der Waals surface area contributed by atoms with Gasteiger partial charge in [0.25, 0.3) is 11.8 Å². The van der Waals surface area contributed by atoms with E-state index in [1.165, 1.54) is 39.3 Å². The number of ether oxygens (including phenoxy) is 1. The first-order valence-electron chi connectivity index (χ1n) is 10.9. The van der Waals surface area contributed by atoms with E-state index in [0.717, 1.165) is 16.9 Å². The molecule has 35 heavy (non-hydrogen) atoms. The molecule has 1 heterocycles. The molecule has 1 aromatic carbocycles. The Morgan fingerprint density at radius 1 is 1.17 bits per heavy atom. The van der Waals surface area contributed by atoms with Crippen LogP contribution in [0.1, 0.15) is 29.8 Å². The molecule has 0 fully saturated rings. The lowest BCUT2D eigenvalue weighted by atomic mass is 10.0. The van der Waals surface area contributed by atoms with Gasteiger partial charge in [-0.1, -0.05) is 30.3 Å². The van der Waals surface area contributed by atoms with Crippen LogP contribution in [0.3, 0.4) is 0 Å². The Morgan fingerprint density at radius 3 is 2.40 bits per heavy atom. The average Bonchev–Trinajstić information content (AvgIpc) is 2.83. The normalized spacial score (nSPS) is 13.4. The fourth-order valence-corrected chi connectivity index (χ4v) is 4.46. The minimum atomic E-state index is -3.98. The number of carbonyl (C=O) groups excluding carboxylic acids is 2. The number of amides is 2. The predicted octanol–water partition coefficient (Wildman–Crippen LogP) is 0.680. The predicted molar refractivity (Wildman–Crippen MR) is 128 cm³/mol. The van der Waals surface area contributed by atoms with E-state index in [1.54, 1.807) is 12.1 Å². The number of hydrogen-bond acceptors (Lipinski definition) is 8. The first-order chi connectivity index (χ1) is 16.4. The van der Waals surface area contributed by atoms with Crippen molar-refractivity contribution in [1.82, 2.24) is 19.7 Å². The van der Waals surface area contributed by atoms with E-state index in [-0.39, 0.29) is 22.9 Å². The molecule has 3 N–H and O–H groups in total. The quantitative estimate of drug-likeness (QED) is 0.280. The maximum absolute atomic E-state index is 12.9. The molecular weight excluding hydrogens is 476 g/mol. The lowest BCUT2D eigenvalue weighted by molar-refractivity contribution is -0.159. The number of hydrogen-bond donors (Lipinski definition) is 3. The van der Waals surface area contributed by atoms with Crippen LogP contribution in [-0.4, -0.2) is 89.5 Å². The van der Waals surface area contributed by atoms with Gasteiger partial charge in [-0.3, -0.25) is 14.8 Å². The Morgan fingerprint density at radius 2 is 1.83 bits per heavy atom. The molecule has 11 nitrogen and oxygen atoms in total. The van der Waals surface area contributed by atoms with E-state index in [9.17, 15) is 28.3 Å². The minimum absolute atomic E-state index is 0.194. The molecule has 2 aromatic rings. The number of rotatable bonds is 12. The van der Waals surface area contributed by atoms with E-state index in [4.69, 9.17) is 4.74 Å². The highest BCUT2D eigenvalue weighted by molar-refractivity contribution is 7.89. The standard InChI is InChI=1S/C23H32N4O7S/c1-16(2)35(32,33)27(15-22(29)26(3)31)14-20(28)19(12-17-8-6-5-7-9-17)25-23(30)18-10-11-24-21(13-18)34-4/h5-11,13,16,19-20,28,31H,12,14-15H2,1-4H3,(H,25,30). The number of benzene rings is 1. The Balaban J connectivity index is 2.33. The molecule has 0 radical (unpaired) electrons. The zero-order valence-electron chi connectivity index (χ0n) is 20.2. The average molecular weight is 509 g/mol. The molecule has 0 aliphatic carbocycles. The Kier molecular flexibility index (Phi) is 10.1. The maximum atomic E-state index is 12.9. The van der Waals surface area contributed by atoms with Gasteiger partial charge in [-0.05, 0) is 31.9 Å². The van der Waals surface area contributed by atoms with Crippen molar-refractivity contribution in [3.05, 3.63) is 59.8 Å². The number of aromatic nitrogens is 1. The van der Waals surface area contributed by atoms with Crippen molar-refractivity contribution < 1.29 is 33.1 Å². The summed E-state index contributed by atoms with van der Waals surface area (Å²) < 4.78 is 31.6. The molecule has 2 amide bonds. The molecule has 12 heteroatoms. The summed E-state index contributed by atoms with van der Waals surface area (Å²) in [5, 5.41) is 22.7. The summed E-state index contributed by atoms with van der Waals surface area (Å²) in [7, 11) is -1.48. The second-order valence-corrected chi connectivity index (χ2v) is 10.7. The number of nitrogens with one attached hydrogen (secondary N) is 1. The molecule has 2 rings (SSSR count). The second kappa shape index (κ2) is 12.6. The third-order valence-corrected chi connectivity index (χ3v) is 7.49. The van der Waals surface area contributed by atoms with Gasteiger partial charge in [-0.2, -0.15) is 4.31 Å². The molecule has 192 valence electrons. The molecule has 0 saturated heterocycles. The summed E-state index contributed by atoms with van der Waals surface area (Å²) in [6.07, 6.45) is 0.220. The Labute approximate surface area is 205 Å². The number of carbonyl (C=O) groups is 2. The van der Waals surface area contributed by atoms with Crippen LogP contribution < -0.4 is 10.1 Å². The zero-order valence-corrected chi connectivity index (χ0v) is 21.0. The number of likely N-dealkylation sites (N-methyl/N-ethyl adjacent to an activating group) is 1. The molecule has 2 unspecified atom stereocenters. The monoisotopic (exact) mass is 508 g/mol. The van der Waals surface area contributed by atoms with Crippen LogP contribution in [0, 0.1) is 0 Å². The fraction of sp³-hybridized carbons (Fsp3) is 0.435. The molecule has 0 saturated carbocycles. The van der Waals surface area contributed by atoms with Crippen LogP contribution in [-0.2, 0) is 21.2 Å². The van der Waals surface area contributed by atoms with Crippen molar-refractivity contribution in [2.45, 2.75) is 37.7 Å². The van der Waals surface area contributed by atoms with E-state index in [0.29, 0.717) is 0 Å². The third kappa shape index (κ3) is 7.99. The van der Waals surface area contributed by atoms with Gasteiger partial charge in [0, 0.05) is 31.4 Å². The zero-order chi connectivity index (χ0) is 26.2. The number of pyridine rings is 1. The van der Waals surface area contributed by atoms with Gasteiger partial charge in [-0.15, -0.1) is 0 Å². The topological polar surface area (TPSA) is 149 Å². The van der Waals surface area contributed by atoms with Crippen molar-refractivity contribution in [1.29, 1.82) is 0 Å². The number of hydroxylamine groups is 2. The number of methoxy groups -OCH3 is 1. The number of sulfonamides is 1. The van der Waals surface area contributed by atoms with Crippen molar-refractivity contribution in [2.75, 3.05) is 27.2 Å². The van der Waals surface area contributed by atoms with Crippen LogP contribution in [0.25, 0.3) is 0 Å². The van der Waals surface area contributed by atoms with Crippen molar-refractivity contribution >= 4 is 21.8 Å². The largest absolute Gasteiger partial charge is 0.481 e. The number of aliphatic hydroxyl groups is 1. The lowest BCUT2D eigenvalue weighted by Crippen LogP contribution is -2.53. The van der Waals surface area contributed by atoms with Gasteiger partial charge < -0.3 is 15.2 Å². The summed E-state index contributed by atoms with van der Waals surface area (Å²) in [5.74, 6) is -1.15. The van der Waals surface area contributed by atoms with Crippen LogP contribution in [0.2, 0.25) is 0 Å². The fourth-order valence-electron chi connectivity index (χ4n) is 3.21. The third-order valence-electron chi connectivity index (χ3n) is 5.30. The van der Waals surface area contributed by atoms with E-state index in [2.05, 4.69) is 10.3 Å². The Hall–Kier alpha value is -3.06. The summed E-state index contributed by atoms with van der Waals surface area (Å²) in [6, 6.07) is 11.1. The van der Waals surface area contributed by atoms with Crippen molar-refractivity contribution in [3.8, 4) is 5.88 Å². The first kappa shape index (κ1) is 28.2. The van der Waals surface area contributed by atoms with Crippen LogP contribution in [0.4, 0.5) is 0 Å². The molecule has 1 aromatic heterocycles. The summed E-state index contributed by atoms with van der Waals surface area (Å²) >= 11 is 0. The first-order valence-corrected chi connectivity index (χ1v) is 12.4. The van der Waals surface area contributed by atoms with Crippen LogP contribution in [0.15, 0.2) is 48.7 Å². The lowest BCUT2D eigenvalue weighted by Gasteiger charge is -2.30. The van der Waals surface area contributed by atoms with Crippen molar-refractivity contribution in [3.63, 3.8) is 0 Å². The summed E-state index contributed by atoms with van der Waals surface area (Å²) in [4.78, 5) is 29.0. The minimum Gasteiger partial charge on any atom is -0.481 e. The molecule has 2 atom stereocenters. The molecule has 0 spiro atoms. The SMILES string of the molecule is COc1cc(C(=O)NC(Cc2ccccc2)C(O)CN(CC(=O)N(C)O)S(=O)(=O)C(C)C)ccn1. The van der Waals surface area contributed by atoms with Crippen molar-refractivity contribution in [2.24, 2.45) is 0 Å². The highest BCUT2D eigenvalue weighted by Crippen LogP contribution is 2.15. The van der Waals surface area contributed by atoms with E-state index in [1.807, 2.05) is 18.2 Å². The van der Waals surface area contributed by atoms with Gasteiger partial charge in [-0.25, -0.2) is 18.5 Å². The van der Waals surface area contributed by atoms with E-state index < -0.39 is 52.3 Å². The second-order valence-electron chi connectivity index (χ2n) is 8.23. The highest BCUT2D eigenvalue weighted by Gasteiger charge is 2.33. The number of nitrogens with zero attached hydrogens (tertiary/aromatic N) is 3. The van der Waals surface area contributed by atoms with Gasteiger partial charge >= 0.3 is 0 Å². The molecule has 0 bridgehead atoms. The maximum Gasteiger partial charge on any atom is 0.260 e. The Bertz CT molecular complexity index is 1090. The van der Waals surface area contributed by atoms with Gasteiger partial charge in [0.05, 0.1) is 31.1 Å². The highest BCUT2D eigenvalue weighted by atomic mass is 32.2.